The highest BCUT2D eigenvalue weighted by Crippen LogP contribution is 2.61. The molecule has 4 saturated carbocycles. The molecule has 4 rings (SSSR count). The van der Waals surface area contributed by atoms with Crippen molar-refractivity contribution in [2.24, 2.45) is 23.2 Å². The maximum Gasteiger partial charge on any atom is 0.263 e. The number of nitriles is 1. The number of hydrogen-bond donors (Lipinski definition) is 3. The summed E-state index contributed by atoms with van der Waals surface area (Å²) in [6, 6.07) is 2.08. The van der Waals surface area contributed by atoms with Crippen LogP contribution in [0.2, 0.25) is 0 Å². The van der Waals surface area contributed by atoms with Crippen LogP contribution in [0.1, 0.15) is 59.3 Å². The van der Waals surface area contributed by atoms with Crippen molar-refractivity contribution in [3.8, 4) is 6.07 Å². The van der Waals surface area contributed by atoms with Gasteiger partial charge in [-0.25, -0.2) is 0 Å². The fourth-order valence-electron chi connectivity index (χ4n) is 5.60. The Morgan fingerprint density at radius 2 is 1.80 bits per heavy atom. The van der Waals surface area contributed by atoms with E-state index in [-0.39, 0.29) is 29.5 Å². The van der Waals surface area contributed by atoms with Gasteiger partial charge in [-0.1, -0.05) is 0 Å². The average Bonchev–Trinajstić information content (AvgIpc) is 2.54. The second kappa shape index (κ2) is 6.64. The molecule has 0 heterocycles. The van der Waals surface area contributed by atoms with Crippen LogP contribution in [-0.2, 0) is 4.79 Å². The first-order chi connectivity index (χ1) is 11.8. The fourth-order valence-corrected chi connectivity index (χ4v) is 5.60. The van der Waals surface area contributed by atoms with E-state index in [0.717, 1.165) is 17.8 Å². The highest BCUT2D eigenvalue weighted by molar-refractivity contribution is 5.97. The minimum absolute atomic E-state index is 0.0677. The van der Waals surface area contributed by atoms with E-state index in [9.17, 15) is 15.2 Å². The molecule has 0 aromatic carbocycles. The highest BCUT2D eigenvalue weighted by atomic mass is 16.3. The van der Waals surface area contributed by atoms with Crippen molar-refractivity contribution in [2.75, 3.05) is 6.61 Å². The van der Waals surface area contributed by atoms with Gasteiger partial charge < -0.3 is 15.7 Å². The monoisotopic (exact) mass is 345 g/mol. The summed E-state index contributed by atoms with van der Waals surface area (Å²) in [5, 5.41) is 24.7. The van der Waals surface area contributed by atoms with Crippen LogP contribution in [0.5, 0.6) is 0 Å². The van der Waals surface area contributed by atoms with E-state index in [1.54, 1.807) is 0 Å². The smallest absolute Gasteiger partial charge is 0.263 e. The van der Waals surface area contributed by atoms with E-state index in [2.05, 4.69) is 17.6 Å². The zero-order valence-electron chi connectivity index (χ0n) is 15.6. The zero-order chi connectivity index (χ0) is 18.2. The summed E-state index contributed by atoms with van der Waals surface area (Å²) in [6.07, 6.45) is 9.24. The number of rotatable bonds is 6. The van der Waals surface area contributed by atoms with Crippen LogP contribution in [-0.4, -0.2) is 29.2 Å². The van der Waals surface area contributed by atoms with Crippen LogP contribution < -0.4 is 10.6 Å². The normalized spacial score (nSPS) is 35.2. The molecule has 25 heavy (non-hydrogen) atoms. The Kier molecular flexibility index (Phi) is 4.85. The fraction of sp³-hybridized carbons (Fsp3) is 0.800. The van der Waals surface area contributed by atoms with Crippen LogP contribution in [0.15, 0.2) is 11.8 Å². The Balaban J connectivity index is 1.66. The van der Waals surface area contributed by atoms with Crippen molar-refractivity contribution in [1.29, 1.82) is 5.26 Å². The average molecular weight is 345 g/mol. The summed E-state index contributed by atoms with van der Waals surface area (Å²) in [4.78, 5) is 12.6. The van der Waals surface area contributed by atoms with Crippen LogP contribution in [0.4, 0.5) is 0 Å². The molecule has 0 aliphatic heterocycles. The van der Waals surface area contributed by atoms with E-state index >= 15 is 0 Å². The van der Waals surface area contributed by atoms with E-state index in [1.807, 2.05) is 19.9 Å². The maximum atomic E-state index is 12.6. The lowest BCUT2D eigenvalue weighted by Crippen LogP contribution is -2.56. The van der Waals surface area contributed by atoms with E-state index in [0.29, 0.717) is 0 Å². The SMILES string of the molecule is CC(NC(=O)/C(C#N)=C\NC(C)(C)CO)C12CC3CC(CC(C3)C1)C2. The summed E-state index contributed by atoms with van der Waals surface area (Å²) in [6.45, 7) is 5.67. The summed E-state index contributed by atoms with van der Waals surface area (Å²) in [7, 11) is 0. The molecule has 4 aliphatic carbocycles. The van der Waals surface area contributed by atoms with E-state index < -0.39 is 5.54 Å². The van der Waals surface area contributed by atoms with Crippen LogP contribution in [0.25, 0.3) is 0 Å². The topological polar surface area (TPSA) is 85.2 Å². The predicted molar refractivity (Wildman–Crippen MR) is 96.2 cm³/mol. The van der Waals surface area contributed by atoms with Crippen molar-refractivity contribution in [3.05, 3.63) is 11.8 Å². The molecule has 0 radical (unpaired) electrons. The molecule has 1 atom stereocenters. The first-order valence-electron chi connectivity index (χ1n) is 9.56. The molecule has 0 aromatic rings. The van der Waals surface area contributed by atoms with Crippen molar-refractivity contribution in [2.45, 2.75) is 70.9 Å². The molecule has 5 heteroatoms. The minimum atomic E-state index is -0.562. The molecule has 0 spiro atoms. The van der Waals surface area contributed by atoms with Gasteiger partial charge in [0.2, 0.25) is 0 Å². The van der Waals surface area contributed by atoms with Crippen molar-refractivity contribution >= 4 is 5.91 Å². The number of amides is 1. The summed E-state index contributed by atoms with van der Waals surface area (Å²) < 4.78 is 0. The number of aliphatic hydroxyl groups is 1. The molecular weight excluding hydrogens is 314 g/mol. The molecular formula is C20H31N3O2. The maximum absolute atomic E-state index is 12.6. The van der Waals surface area contributed by atoms with Crippen LogP contribution in [0.3, 0.4) is 0 Å². The number of aliphatic hydroxyl groups excluding tert-OH is 1. The van der Waals surface area contributed by atoms with Crippen molar-refractivity contribution in [1.82, 2.24) is 10.6 Å². The van der Waals surface area contributed by atoms with Crippen molar-refractivity contribution < 1.29 is 9.90 Å². The van der Waals surface area contributed by atoms with Gasteiger partial charge >= 0.3 is 0 Å². The molecule has 3 N–H and O–H groups in total. The largest absolute Gasteiger partial charge is 0.394 e. The van der Waals surface area contributed by atoms with Gasteiger partial charge in [0.25, 0.3) is 5.91 Å². The Hall–Kier alpha value is -1.54. The minimum Gasteiger partial charge on any atom is -0.394 e. The first kappa shape index (κ1) is 18.3. The van der Waals surface area contributed by atoms with Crippen molar-refractivity contribution in [3.63, 3.8) is 0 Å². The van der Waals surface area contributed by atoms with E-state index in [1.165, 1.54) is 44.7 Å². The third kappa shape index (κ3) is 3.69. The molecule has 4 aliphatic rings. The van der Waals surface area contributed by atoms with Gasteiger partial charge in [-0.05, 0) is 82.5 Å². The summed E-state index contributed by atoms with van der Waals surface area (Å²) >= 11 is 0. The Bertz CT molecular complexity index is 567. The Labute approximate surface area is 150 Å². The second-order valence-corrected chi connectivity index (χ2v) is 9.33. The Morgan fingerprint density at radius 3 is 2.24 bits per heavy atom. The van der Waals surface area contributed by atoms with E-state index in [4.69, 9.17) is 0 Å². The van der Waals surface area contributed by atoms with Crippen LogP contribution in [0, 0.1) is 34.5 Å². The number of hydrogen-bond acceptors (Lipinski definition) is 4. The molecule has 1 amide bonds. The molecule has 0 saturated heterocycles. The first-order valence-corrected chi connectivity index (χ1v) is 9.56. The van der Waals surface area contributed by atoms with Gasteiger partial charge in [-0.15, -0.1) is 0 Å². The molecule has 0 aromatic heterocycles. The number of nitrogens with zero attached hydrogens (tertiary/aromatic N) is 1. The van der Waals surface area contributed by atoms with Gasteiger partial charge in [-0.2, -0.15) is 5.26 Å². The van der Waals surface area contributed by atoms with Gasteiger partial charge in [-0.3, -0.25) is 4.79 Å². The van der Waals surface area contributed by atoms with Gasteiger partial charge in [0.05, 0.1) is 12.1 Å². The highest BCUT2D eigenvalue weighted by Gasteiger charge is 2.53. The molecule has 138 valence electrons. The van der Waals surface area contributed by atoms with Crippen LogP contribution >= 0.6 is 0 Å². The van der Waals surface area contributed by atoms with Gasteiger partial charge in [0, 0.05) is 12.2 Å². The summed E-state index contributed by atoms with van der Waals surface area (Å²) in [5.74, 6) is 2.20. The lowest BCUT2D eigenvalue weighted by Gasteiger charge is -2.59. The number of carbonyl (C=O) groups is 1. The lowest BCUT2D eigenvalue weighted by molar-refractivity contribution is -0.122. The standard InChI is InChI=1S/C20H31N3O2/c1-13(20-7-14-4-15(8-20)6-16(5-14)9-20)23-18(25)17(10-21)11-22-19(2,3)12-24/h11,13-16,22,24H,4-9,12H2,1-3H3,(H,23,25)/b17-11-. The number of nitrogens with one attached hydrogen (secondary N) is 2. The summed E-state index contributed by atoms with van der Waals surface area (Å²) in [5.41, 5.74) is -0.269. The molecule has 4 fully saturated rings. The quantitative estimate of drug-likeness (QED) is 0.510. The number of carbonyl (C=O) groups excluding carboxylic acids is 1. The lowest BCUT2D eigenvalue weighted by atomic mass is 9.48. The zero-order valence-corrected chi connectivity index (χ0v) is 15.6. The second-order valence-electron chi connectivity index (χ2n) is 9.33. The Morgan fingerprint density at radius 1 is 1.28 bits per heavy atom. The van der Waals surface area contributed by atoms with Gasteiger partial charge in [0.15, 0.2) is 0 Å². The predicted octanol–water partition coefficient (Wildman–Crippen LogP) is 2.48. The molecule has 1 unspecified atom stereocenters. The molecule has 4 bridgehead atoms. The third-order valence-corrected chi connectivity index (χ3v) is 6.72. The molecule has 5 nitrogen and oxygen atoms in total. The third-order valence-electron chi connectivity index (χ3n) is 6.72. The van der Waals surface area contributed by atoms with Gasteiger partial charge in [0.1, 0.15) is 11.6 Å².